The van der Waals surface area contributed by atoms with Gasteiger partial charge in [-0.1, -0.05) is 6.92 Å². The molecule has 1 aliphatic heterocycles. The van der Waals surface area contributed by atoms with Crippen molar-refractivity contribution >= 4 is 17.3 Å². The van der Waals surface area contributed by atoms with E-state index in [4.69, 9.17) is 9.47 Å². The van der Waals surface area contributed by atoms with Crippen molar-refractivity contribution in [2.75, 3.05) is 33.4 Å². The number of guanidine groups is 1. The van der Waals surface area contributed by atoms with Crippen LogP contribution >= 0.6 is 11.3 Å². The lowest BCUT2D eigenvalue weighted by Gasteiger charge is -2.12. The van der Waals surface area contributed by atoms with Gasteiger partial charge in [-0.3, -0.25) is 4.99 Å². The highest BCUT2D eigenvalue weighted by Gasteiger charge is 2.15. The van der Waals surface area contributed by atoms with Gasteiger partial charge in [0.15, 0.2) is 5.96 Å². The largest absolute Gasteiger partial charge is 0.379 e. The third-order valence-electron chi connectivity index (χ3n) is 3.44. The minimum Gasteiger partial charge on any atom is -0.379 e. The molecule has 0 aromatic carbocycles. The molecule has 7 heteroatoms. The van der Waals surface area contributed by atoms with E-state index in [1.54, 1.807) is 18.4 Å². The van der Waals surface area contributed by atoms with E-state index in [-0.39, 0.29) is 6.10 Å². The van der Waals surface area contributed by atoms with Crippen LogP contribution in [0.25, 0.3) is 0 Å². The average Bonchev–Trinajstić information content (AvgIpc) is 3.21. The molecule has 1 atom stereocenters. The molecule has 0 spiro atoms. The van der Waals surface area contributed by atoms with Crippen LogP contribution in [-0.2, 0) is 22.4 Å². The minimum atomic E-state index is 0.287. The average molecular weight is 326 g/mol. The molecule has 0 bridgehead atoms. The summed E-state index contributed by atoms with van der Waals surface area (Å²) in [4.78, 5) is 9.92. The number of nitrogens with one attached hydrogen (secondary N) is 2. The minimum absolute atomic E-state index is 0.287. The Morgan fingerprint density at radius 2 is 2.45 bits per heavy atom. The molecule has 0 amide bonds. The maximum atomic E-state index is 5.73. The molecule has 2 N–H and O–H groups in total. The third kappa shape index (κ3) is 5.90. The number of hydrogen-bond donors (Lipinski definition) is 2. The van der Waals surface area contributed by atoms with Gasteiger partial charge in [0.05, 0.1) is 19.3 Å². The third-order valence-corrected chi connectivity index (χ3v) is 4.58. The Hall–Kier alpha value is -1.18. The number of aliphatic imine (C=N–C) groups is 1. The van der Waals surface area contributed by atoms with Crippen LogP contribution < -0.4 is 10.6 Å². The molecule has 0 aliphatic carbocycles. The van der Waals surface area contributed by atoms with Crippen molar-refractivity contribution in [3.05, 3.63) is 16.1 Å². The van der Waals surface area contributed by atoms with Crippen LogP contribution in [0.5, 0.6) is 0 Å². The summed E-state index contributed by atoms with van der Waals surface area (Å²) in [5, 5.41) is 7.66. The van der Waals surface area contributed by atoms with Crippen molar-refractivity contribution in [1.29, 1.82) is 0 Å². The van der Waals surface area contributed by atoms with Gasteiger partial charge in [0.2, 0.25) is 0 Å². The maximum Gasteiger partial charge on any atom is 0.191 e. The summed E-state index contributed by atoms with van der Waals surface area (Å²) < 4.78 is 11.0. The van der Waals surface area contributed by atoms with Gasteiger partial charge < -0.3 is 20.1 Å². The van der Waals surface area contributed by atoms with E-state index in [9.17, 15) is 0 Å². The maximum absolute atomic E-state index is 5.73. The summed E-state index contributed by atoms with van der Waals surface area (Å²) >= 11 is 1.74. The molecule has 0 saturated carbocycles. The first kappa shape index (κ1) is 17.2. The van der Waals surface area contributed by atoms with Crippen LogP contribution in [0.1, 0.15) is 29.7 Å². The summed E-state index contributed by atoms with van der Waals surface area (Å²) in [5.74, 6) is 0.803. The Morgan fingerprint density at radius 3 is 3.14 bits per heavy atom. The zero-order valence-electron chi connectivity index (χ0n) is 13.4. The molecule has 0 radical (unpaired) electrons. The van der Waals surface area contributed by atoms with E-state index in [0.29, 0.717) is 6.54 Å². The molecule has 1 saturated heterocycles. The summed E-state index contributed by atoms with van der Waals surface area (Å²) in [7, 11) is 1.78. The van der Waals surface area contributed by atoms with Gasteiger partial charge in [0, 0.05) is 37.9 Å². The fourth-order valence-corrected chi connectivity index (χ4v) is 2.95. The molecule has 1 unspecified atom stereocenters. The number of aromatic nitrogens is 1. The Balaban J connectivity index is 1.56. The fourth-order valence-electron chi connectivity index (χ4n) is 2.15. The van der Waals surface area contributed by atoms with Crippen LogP contribution in [-0.4, -0.2) is 50.5 Å². The van der Waals surface area contributed by atoms with E-state index < -0.39 is 0 Å². The molecule has 22 heavy (non-hydrogen) atoms. The first-order valence-corrected chi connectivity index (χ1v) is 8.71. The van der Waals surface area contributed by atoms with Gasteiger partial charge in [-0.15, -0.1) is 11.3 Å². The highest BCUT2D eigenvalue weighted by molar-refractivity contribution is 7.11. The highest BCUT2D eigenvalue weighted by Crippen LogP contribution is 2.12. The van der Waals surface area contributed by atoms with E-state index in [1.807, 2.05) is 6.20 Å². The lowest BCUT2D eigenvalue weighted by molar-refractivity contribution is 0.0420. The lowest BCUT2D eigenvalue weighted by atomic mass is 10.3. The number of hydrogen-bond acceptors (Lipinski definition) is 5. The Kier molecular flexibility index (Phi) is 7.62. The van der Waals surface area contributed by atoms with E-state index in [1.165, 1.54) is 4.88 Å². The van der Waals surface area contributed by atoms with Crippen molar-refractivity contribution in [3.8, 4) is 0 Å². The molecular weight excluding hydrogens is 300 g/mol. The second kappa shape index (κ2) is 9.76. The lowest BCUT2D eigenvalue weighted by Crippen LogP contribution is -2.37. The van der Waals surface area contributed by atoms with Crippen LogP contribution in [0.4, 0.5) is 0 Å². The Bertz CT molecular complexity index is 458. The van der Waals surface area contributed by atoms with Crippen molar-refractivity contribution in [3.63, 3.8) is 0 Å². The molecule has 2 rings (SSSR count). The molecule has 1 aliphatic rings. The number of nitrogens with zero attached hydrogens (tertiary/aromatic N) is 2. The van der Waals surface area contributed by atoms with Crippen LogP contribution in [0.3, 0.4) is 0 Å². The SMILES string of the molecule is CCc1cnc(CNC(=NC)NCCCOC2CCOC2)s1. The van der Waals surface area contributed by atoms with Gasteiger partial charge >= 0.3 is 0 Å². The first-order chi connectivity index (χ1) is 10.8. The Labute approximate surface area is 136 Å². The normalized spacial score (nSPS) is 18.6. The summed E-state index contributed by atoms with van der Waals surface area (Å²) in [5.41, 5.74) is 0. The summed E-state index contributed by atoms with van der Waals surface area (Å²) in [6.45, 7) is 6.01. The number of ether oxygens (including phenoxy) is 2. The van der Waals surface area contributed by atoms with E-state index in [0.717, 1.165) is 56.6 Å². The monoisotopic (exact) mass is 326 g/mol. The number of thiazole rings is 1. The quantitative estimate of drug-likeness (QED) is 0.431. The predicted octanol–water partition coefficient (Wildman–Crippen LogP) is 1.57. The van der Waals surface area contributed by atoms with Crippen molar-refractivity contribution in [2.45, 2.75) is 38.8 Å². The van der Waals surface area contributed by atoms with Crippen molar-refractivity contribution < 1.29 is 9.47 Å². The highest BCUT2D eigenvalue weighted by atomic mass is 32.1. The van der Waals surface area contributed by atoms with Gasteiger partial charge in [-0.25, -0.2) is 4.98 Å². The molecule has 1 aromatic heterocycles. The molecular formula is C15H26N4O2S. The molecule has 2 heterocycles. The van der Waals surface area contributed by atoms with Crippen LogP contribution in [0, 0.1) is 0 Å². The molecule has 124 valence electrons. The van der Waals surface area contributed by atoms with Crippen LogP contribution in [0.15, 0.2) is 11.2 Å². The Morgan fingerprint density at radius 1 is 1.55 bits per heavy atom. The van der Waals surface area contributed by atoms with Crippen molar-refractivity contribution in [1.82, 2.24) is 15.6 Å². The number of rotatable bonds is 8. The van der Waals surface area contributed by atoms with Gasteiger partial charge in [0.25, 0.3) is 0 Å². The molecule has 1 fully saturated rings. The smallest absolute Gasteiger partial charge is 0.191 e. The predicted molar refractivity (Wildman–Crippen MR) is 89.5 cm³/mol. The topological polar surface area (TPSA) is 67.8 Å². The second-order valence-electron chi connectivity index (χ2n) is 5.14. The fraction of sp³-hybridized carbons (Fsp3) is 0.733. The zero-order chi connectivity index (χ0) is 15.6. The van der Waals surface area contributed by atoms with Gasteiger partial charge in [-0.2, -0.15) is 0 Å². The van der Waals surface area contributed by atoms with Crippen molar-refractivity contribution in [2.24, 2.45) is 4.99 Å². The standard InChI is InChI=1S/C15H26N4O2S/c1-3-13-9-18-14(22-13)10-19-15(16-2)17-6-4-7-21-12-5-8-20-11-12/h9,12H,3-8,10-11H2,1-2H3,(H2,16,17,19). The first-order valence-electron chi connectivity index (χ1n) is 7.89. The van der Waals surface area contributed by atoms with E-state index in [2.05, 4.69) is 27.5 Å². The summed E-state index contributed by atoms with van der Waals surface area (Å²) in [6.07, 6.45) is 5.24. The van der Waals surface area contributed by atoms with Gasteiger partial charge in [-0.05, 0) is 19.3 Å². The number of aryl methyl sites for hydroxylation is 1. The second-order valence-corrected chi connectivity index (χ2v) is 6.34. The van der Waals surface area contributed by atoms with Crippen LogP contribution in [0.2, 0.25) is 0 Å². The van der Waals surface area contributed by atoms with E-state index >= 15 is 0 Å². The van der Waals surface area contributed by atoms with Gasteiger partial charge in [0.1, 0.15) is 5.01 Å². The summed E-state index contributed by atoms with van der Waals surface area (Å²) in [6, 6.07) is 0. The molecule has 6 nitrogen and oxygen atoms in total. The zero-order valence-corrected chi connectivity index (χ0v) is 14.2. The molecule has 1 aromatic rings.